The number of non-ortho nitro benzene ring substituents is 1. The van der Waals surface area contributed by atoms with Crippen LogP contribution in [0, 0.1) is 16.0 Å². The molecule has 27 heavy (non-hydrogen) atoms. The number of hydrogen-bond acceptors (Lipinski definition) is 4. The zero-order valence-corrected chi connectivity index (χ0v) is 16.0. The molecule has 0 atom stereocenters. The van der Waals surface area contributed by atoms with Crippen LogP contribution in [0.25, 0.3) is 21.9 Å². The summed E-state index contributed by atoms with van der Waals surface area (Å²) < 4.78 is 11.1. The first kappa shape index (κ1) is 18.7. The second-order valence-electron chi connectivity index (χ2n) is 6.91. The molecule has 140 valence electrons. The zero-order valence-electron chi connectivity index (χ0n) is 16.0. The summed E-state index contributed by atoms with van der Waals surface area (Å²) in [6, 6.07) is 15.0. The molecule has 0 aliphatic rings. The van der Waals surface area contributed by atoms with E-state index in [1.54, 1.807) is 19.2 Å². The van der Waals surface area contributed by atoms with Gasteiger partial charge in [0.2, 0.25) is 0 Å². The first-order valence-corrected chi connectivity index (χ1v) is 8.87. The second-order valence-corrected chi connectivity index (χ2v) is 6.91. The van der Waals surface area contributed by atoms with Crippen LogP contribution >= 0.6 is 0 Å². The monoisotopic (exact) mass is 365 g/mol. The molecule has 0 aliphatic heterocycles. The highest BCUT2D eigenvalue weighted by atomic mass is 16.6. The molecule has 0 fully saturated rings. The Kier molecular flexibility index (Phi) is 5.31. The Labute approximate surface area is 158 Å². The summed E-state index contributed by atoms with van der Waals surface area (Å²) in [4.78, 5) is 11.1. The van der Waals surface area contributed by atoms with E-state index in [2.05, 4.69) is 26.0 Å². The molecule has 0 unspecified atom stereocenters. The fourth-order valence-corrected chi connectivity index (χ4v) is 3.44. The van der Waals surface area contributed by atoms with Gasteiger partial charge >= 0.3 is 0 Å². The van der Waals surface area contributed by atoms with Gasteiger partial charge in [0.1, 0.15) is 0 Å². The Hall–Kier alpha value is -3.08. The van der Waals surface area contributed by atoms with Crippen LogP contribution in [0.3, 0.4) is 0 Å². The summed E-state index contributed by atoms with van der Waals surface area (Å²) in [7, 11) is 3.12. The second kappa shape index (κ2) is 7.66. The largest absolute Gasteiger partial charge is 0.493 e. The maximum atomic E-state index is 11.5. The topological polar surface area (TPSA) is 61.6 Å². The fraction of sp³-hybridized carbons (Fsp3) is 0.273. The lowest BCUT2D eigenvalue weighted by Crippen LogP contribution is -1.98. The molecular formula is C22H23NO4. The molecule has 0 heterocycles. The highest BCUT2D eigenvalue weighted by Gasteiger charge is 2.21. The van der Waals surface area contributed by atoms with Crippen LogP contribution in [-0.2, 0) is 6.42 Å². The minimum Gasteiger partial charge on any atom is -0.493 e. The predicted molar refractivity (Wildman–Crippen MR) is 108 cm³/mol. The number of benzene rings is 3. The highest BCUT2D eigenvalue weighted by Crippen LogP contribution is 2.45. The van der Waals surface area contributed by atoms with Crippen LogP contribution in [0.15, 0.2) is 48.5 Å². The van der Waals surface area contributed by atoms with E-state index in [9.17, 15) is 10.1 Å². The quantitative estimate of drug-likeness (QED) is 0.419. The third-order valence-electron chi connectivity index (χ3n) is 4.59. The lowest BCUT2D eigenvalue weighted by atomic mass is 9.94. The van der Waals surface area contributed by atoms with Gasteiger partial charge in [-0.15, -0.1) is 0 Å². The van der Waals surface area contributed by atoms with Crippen molar-refractivity contribution >= 4 is 16.5 Å². The van der Waals surface area contributed by atoms with Gasteiger partial charge in [0.15, 0.2) is 11.5 Å². The van der Waals surface area contributed by atoms with Crippen molar-refractivity contribution in [3.05, 3.63) is 64.2 Å². The van der Waals surface area contributed by atoms with Crippen molar-refractivity contribution in [3.8, 4) is 22.6 Å². The minimum atomic E-state index is -0.371. The number of rotatable bonds is 6. The standard InChI is InChI=1S/C22H23NO4/c1-14(2)12-15-8-10-16(11-9-15)21-17-6-5-7-19(23(24)25)18(17)13-20(26-3)22(21)27-4/h5-11,13-14H,12H2,1-4H3. The van der Waals surface area contributed by atoms with Crippen molar-refractivity contribution < 1.29 is 14.4 Å². The van der Waals surface area contributed by atoms with Crippen molar-refractivity contribution in [2.75, 3.05) is 14.2 Å². The molecule has 0 spiro atoms. The number of nitro benzene ring substituents is 1. The Bertz CT molecular complexity index is 978. The van der Waals surface area contributed by atoms with Gasteiger partial charge in [-0.25, -0.2) is 0 Å². The van der Waals surface area contributed by atoms with E-state index >= 15 is 0 Å². The third kappa shape index (κ3) is 3.58. The van der Waals surface area contributed by atoms with Crippen LogP contribution in [0.2, 0.25) is 0 Å². The van der Waals surface area contributed by atoms with Gasteiger partial charge in [0, 0.05) is 17.0 Å². The number of fused-ring (bicyclic) bond motifs is 1. The predicted octanol–water partition coefficient (Wildman–Crippen LogP) is 5.63. The Balaban J connectivity index is 2.29. The van der Waals surface area contributed by atoms with Gasteiger partial charge in [0.25, 0.3) is 5.69 Å². The Morgan fingerprint density at radius 1 is 1.00 bits per heavy atom. The smallest absolute Gasteiger partial charge is 0.277 e. The van der Waals surface area contributed by atoms with E-state index in [0.717, 1.165) is 22.9 Å². The number of ether oxygens (including phenoxy) is 2. The van der Waals surface area contributed by atoms with Crippen LogP contribution in [-0.4, -0.2) is 19.1 Å². The summed E-state index contributed by atoms with van der Waals surface area (Å²) in [5.41, 5.74) is 3.03. The molecule has 0 aromatic heterocycles. The van der Waals surface area contributed by atoms with Crippen molar-refractivity contribution in [1.29, 1.82) is 0 Å². The lowest BCUT2D eigenvalue weighted by Gasteiger charge is -2.17. The molecule has 0 saturated carbocycles. The maximum Gasteiger partial charge on any atom is 0.277 e. The molecule has 0 saturated heterocycles. The van der Waals surface area contributed by atoms with Gasteiger partial charge in [-0.1, -0.05) is 50.2 Å². The molecule has 0 aliphatic carbocycles. The zero-order chi connectivity index (χ0) is 19.6. The SMILES string of the molecule is COc1cc2c([N+](=O)[O-])cccc2c(-c2ccc(CC(C)C)cc2)c1OC. The summed E-state index contributed by atoms with van der Waals surface area (Å²) >= 11 is 0. The molecule has 5 heteroatoms. The number of methoxy groups -OCH3 is 2. The van der Waals surface area contributed by atoms with Crippen LogP contribution in [0.5, 0.6) is 11.5 Å². The van der Waals surface area contributed by atoms with Crippen LogP contribution in [0.1, 0.15) is 19.4 Å². The Morgan fingerprint density at radius 2 is 1.70 bits per heavy atom. The van der Waals surface area contributed by atoms with Crippen LogP contribution < -0.4 is 9.47 Å². The van der Waals surface area contributed by atoms with E-state index in [4.69, 9.17) is 9.47 Å². The summed E-state index contributed by atoms with van der Waals surface area (Å²) in [6.45, 7) is 4.37. The third-order valence-corrected chi connectivity index (χ3v) is 4.59. The van der Waals surface area contributed by atoms with E-state index in [1.807, 2.05) is 18.2 Å². The van der Waals surface area contributed by atoms with Gasteiger partial charge in [0.05, 0.1) is 24.5 Å². The fourth-order valence-electron chi connectivity index (χ4n) is 3.44. The normalized spacial score (nSPS) is 11.0. The average Bonchev–Trinajstić information content (AvgIpc) is 2.66. The highest BCUT2D eigenvalue weighted by molar-refractivity contribution is 6.05. The molecule has 3 aromatic carbocycles. The van der Waals surface area contributed by atoms with Gasteiger partial charge < -0.3 is 9.47 Å². The maximum absolute atomic E-state index is 11.5. The average molecular weight is 365 g/mol. The number of nitro groups is 1. The minimum absolute atomic E-state index is 0.0473. The van der Waals surface area contributed by atoms with Crippen LogP contribution in [0.4, 0.5) is 5.69 Å². The van der Waals surface area contributed by atoms with Gasteiger partial charge in [-0.3, -0.25) is 10.1 Å². The number of hydrogen-bond donors (Lipinski definition) is 0. The molecule has 3 aromatic rings. The van der Waals surface area contributed by atoms with Crippen molar-refractivity contribution in [2.24, 2.45) is 5.92 Å². The van der Waals surface area contributed by atoms with Crippen molar-refractivity contribution in [1.82, 2.24) is 0 Å². The molecule has 3 rings (SSSR count). The van der Waals surface area contributed by atoms with Crippen molar-refractivity contribution in [2.45, 2.75) is 20.3 Å². The van der Waals surface area contributed by atoms with E-state index in [0.29, 0.717) is 22.8 Å². The number of nitrogens with zero attached hydrogens (tertiary/aromatic N) is 1. The first-order valence-electron chi connectivity index (χ1n) is 8.87. The van der Waals surface area contributed by atoms with E-state index < -0.39 is 0 Å². The lowest BCUT2D eigenvalue weighted by molar-refractivity contribution is -0.383. The molecule has 0 radical (unpaired) electrons. The van der Waals surface area contributed by atoms with Crippen molar-refractivity contribution in [3.63, 3.8) is 0 Å². The van der Waals surface area contributed by atoms with E-state index in [-0.39, 0.29) is 10.6 Å². The molecule has 5 nitrogen and oxygen atoms in total. The Morgan fingerprint density at radius 3 is 2.26 bits per heavy atom. The first-order chi connectivity index (χ1) is 13.0. The molecule has 0 amide bonds. The summed E-state index contributed by atoms with van der Waals surface area (Å²) in [6.07, 6.45) is 1.00. The van der Waals surface area contributed by atoms with Gasteiger partial charge in [-0.2, -0.15) is 0 Å². The summed E-state index contributed by atoms with van der Waals surface area (Å²) in [5, 5.41) is 12.8. The molecule has 0 N–H and O–H groups in total. The molecule has 0 bridgehead atoms. The molecular weight excluding hydrogens is 342 g/mol. The van der Waals surface area contributed by atoms with E-state index in [1.165, 1.54) is 18.7 Å². The summed E-state index contributed by atoms with van der Waals surface area (Å²) in [5.74, 6) is 1.62. The van der Waals surface area contributed by atoms with Gasteiger partial charge in [-0.05, 0) is 29.5 Å².